The first-order chi connectivity index (χ1) is 11.1. The van der Waals surface area contributed by atoms with Crippen LogP contribution < -0.4 is 5.56 Å². The van der Waals surface area contributed by atoms with Crippen molar-refractivity contribution in [2.75, 3.05) is 6.54 Å². The fourth-order valence-electron chi connectivity index (χ4n) is 2.85. The zero-order chi connectivity index (χ0) is 16.0. The van der Waals surface area contributed by atoms with E-state index in [1.165, 1.54) is 0 Å². The lowest BCUT2D eigenvalue weighted by atomic mass is 10.1. The van der Waals surface area contributed by atoms with Gasteiger partial charge in [0.25, 0.3) is 5.56 Å². The molecule has 0 unspecified atom stereocenters. The molecule has 0 bridgehead atoms. The Morgan fingerprint density at radius 3 is 2.83 bits per heavy atom. The zero-order valence-electron chi connectivity index (χ0n) is 12.9. The third-order valence-corrected chi connectivity index (χ3v) is 4.34. The van der Waals surface area contributed by atoms with Crippen LogP contribution in [0.3, 0.4) is 0 Å². The molecule has 7 nitrogen and oxygen atoms in total. The number of amides is 1. The van der Waals surface area contributed by atoms with E-state index in [4.69, 9.17) is 0 Å². The number of aromatic amines is 1. The average Bonchev–Trinajstić information content (AvgIpc) is 3.39. The van der Waals surface area contributed by atoms with Crippen LogP contribution in [0, 0.1) is 12.8 Å². The van der Waals surface area contributed by atoms with Gasteiger partial charge in [0.2, 0.25) is 5.91 Å². The van der Waals surface area contributed by atoms with E-state index in [-0.39, 0.29) is 17.4 Å². The number of fused-ring (bicyclic) bond motifs is 1. The fourth-order valence-corrected chi connectivity index (χ4v) is 2.85. The Kier molecular flexibility index (Phi) is 3.21. The summed E-state index contributed by atoms with van der Waals surface area (Å²) in [7, 11) is 0. The normalized spacial score (nSPS) is 17.0. The molecule has 0 spiro atoms. The molecule has 0 aromatic carbocycles. The maximum atomic E-state index is 12.3. The number of carbonyl (C=O) groups excluding carboxylic acids is 1. The van der Waals surface area contributed by atoms with Crippen molar-refractivity contribution in [3.8, 4) is 11.5 Å². The van der Waals surface area contributed by atoms with Crippen molar-refractivity contribution < 1.29 is 4.79 Å². The maximum absolute atomic E-state index is 12.3. The van der Waals surface area contributed by atoms with E-state index in [0.717, 1.165) is 18.5 Å². The minimum atomic E-state index is -0.147. The average molecular weight is 311 g/mol. The molecule has 0 atom stereocenters. The van der Waals surface area contributed by atoms with Crippen molar-refractivity contribution in [1.82, 2.24) is 24.8 Å². The summed E-state index contributed by atoms with van der Waals surface area (Å²) in [6, 6.07) is 0. The van der Waals surface area contributed by atoms with Crippen LogP contribution in [0.25, 0.3) is 11.5 Å². The third-order valence-electron chi connectivity index (χ3n) is 4.34. The van der Waals surface area contributed by atoms with Gasteiger partial charge in [-0.1, -0.05) is 0 Å². The van der Waals surface area contributed by atoms with Crippen molar-refractivity contribution in [1.29, 1.82) is 0 Å². The number of nitrogens with zero attached hydrogens (tertiary/aromatic N) is 4. The standard InChI is InChI=1S/C16H17N5O2/c1-9-6-18-12(7-17-9)14-19-13-8-21(16(23)10-2-3-10)5-4-11(13)15(22)20-14/h6-7,10H,2-5,8H2,1H3,(H,19,20,22). The highest BCUT2D eigenvalue weighted by Gasteiger charge is 2.35. The summed E-state index contributed by atoms with van der Waals surface area (Å²) in [6.07, 6.45) is 5.74. The van der Waals surface area contributed by atoms with Crippen molar-refractivity contribution in [2.45, 2.75) is 32.7 Å². The number of aryl methyl sites for hydroxylation is 1. The lowest BCUT2D eigenvalue weighted by molar-refractivity contribution is -0.133. The van der Waals surface area contributed by atoms with Gasteiger partial charge in [0.05, 0.1) is 24.1 Å². The molecule has 1 N–H and O–H groups in total. The number of hydrogen-bond donors (Lipinski definition) is 1. The molecule has 1 aliphatic carbocycles. The molecule has 1 amide bonds. The van der Waals surface area contributed by atoms with Crippen molar-refractivity contribution in [3.63, 3.8) is 0 Å². The Morgan fingerprint density at radius 1 is 1.30 bits per heavy atom. The Hall–Kier alpha value is -2.57. The lowest BCUT2D eigenvalue weighted by Crippen LogP contribution is -2.39. The van der Waals surface area contributed by atoms with E-state index >= 15 is 0 Å². The molecule has 3 heterocycles. The maximum Gasteiger partial charge on any atom is 0.254 e. The molecule has 0 radical (unpaired) electrons. The summed E-state index contributed by atoms with van der Waals surface area (Å²) in [4.78, 5) is 42.1. The van der Waals surface area contributed by atoms with E-state index in [9.17, 15) is 9.59 Å². The number of H-pyrrole nitrogens is 1. The highest BCUT2D eigenvalue weighted by atomic mass is 16.2. The van der Waals surface area contributed by atoms with Gasteiger partial charge in [0, 0.05) is 24.2 Å². The Labute approximate surface area is 132 Å². The molecule has 118 valence electrons. The molecular weight excluding hydrogens is 294 g/mol. The summed E-state index contributed by atoms with van der Waals surface area (Å²) in [5.41, 5.74) is 2.53. The third kappa shape index (κ3) is 2.62. The van der Waals surface area contributed by atoms with Gasteiger partial charge in [-0.3, -0.25) is 14.6 Å². The SMILES string of the molecule is Cc1cnc(-c2nc3c(c(=O)[nH]2)CCN(C(=O)C2CC2)C3)cn1. The molecule has 0 saturated heterocycles. The number of carbonyl (C=O) groups is 1. The molecule has 2 aliphatic rings. The molecule has 23 heavy (non-hydrogen) atoms. The van der Waals surface area contributed by atoms with Crippen LogP contribution in [0.4, 0.5) is 0 Å². The molecule has 7 heteroatoms. The Morgan fingerprint density at radius 2 is 2.13 bits per heavy atom. The van der Waals surface area contributed by atoms with Gasteiger partial charge in [-0.25, -0.2) is 9.97 Å². The van der Waals surface area contributed by atoms with Crippen LogP contribution in [0.5, 0.6) is 0 Å². The molecule has 2 aromatic rings. The first kappa shape index (κ1) is 14.0. The van der Waals surface area contributed by atoms with Gasteiger partial charge in [0.15, 0.2) is 5.82 Å². The first-order valence-corrected chi connectivity index (χ1v) is 7.81. The molecule has 1 aliphatic heterocycles. The summed E-state index contributed by atoms with van der Waals surface area (Å²) >= 11 is 0. The second kappa shape index (κ2) is 5.26. The monoisotopic (exact) mass is 311 g/mol. The van der Waals surface area contributed by atoms with Gasteiger partial charge in [-0.2, -0.15) is 0 Å². The second-order valence-electron chi connectivity index (χ2n) is 6.17. The summed E-state index contributed by atoms with van der Waals surface area (Å²) in [6.45, 7) is 2.85. The van der Waals surface area contributed by atoms with Crippen LogP contribution in [0.15, 0.2) is 17.2 Å². The van der Waals surface area contributed by atoms with E-state index in [0.29, 0.717) is 42.3 Å². The topological polar surface area (TPSA) is 91.8 Å². The van der Waals surface area contributed by atoms with E-state index in [2.05, 4.69) is 19.9 Å². The molecule has 4 rings (SSSR count). The zero-order valence-corrected chi connectivity index (χ0v) is 12.9. The smallest absolute Gasteiger partial charge is 0.254 e. The Balaban J connectivity index is 1.68. The highest BCUT2D eigenvalue weighted by molar-refractivity contribution is 5.81. The molecule has 2 aromatic heterocycles. The number of aromatic nitrogens is 4. The van der Waals surface area contributed by atoms with Crippen molar-refractivity contribution >= 4 is 5.91 Å². The summed E-state index contributed by atoms with van der Waals surface area (Å²) in [5, 5.41) is 0. The van der Waals surface area contributed by atoms with Crippen LogP contribution >= 0.6 is 0 Å². The van der Waals surface area contributed by atoms with Crippen molar-refractivity contribution in [2.24, 2.45) is 5.92 Å². The van der Waals surface area contributed by atoms with E-state index in [1.54, 1.807) is 12.4 Å². The van der Waals surface area contributed by atoms with Crippen LogP contribution in [-0.4, -0.2) is 37.3 Å². The highest BCUT2D eigenvalue weighted by Crippen LogP contribution is 2.32. The minimum Gasteiger partial charge on any atom is -0.336 e. The minimum absolute atomic E-state index is 0.147. The van der Waals surface area contributed by atoms with Crippen LogP contribution in [-0.2, 0) is 17.8 Å². The van der Waals surface area contributed by atoms with Crippen LogP contribution in [0.2, 0.25) is 0 Å². The predicted molar refractivity (Wildman–Crippen MR) is 82.5 cm³/mol. The fraction of sp³-hybridized carbons (Fsp3) is 0.438. The first-order valence-electron chi connectivity index (χ1n) is 7.81. The summed E-state index contributed by atoms with van der Waals surface area (Å²) < 4.78 is 0. The predicted octanol–water partition coefficient (Wildman–Crippen LogP) is 0.830. The van der Waals surface area contributed by atoms with Gasteiger partial charge >= 0.3 is 0 Å². The van der Waals surface area contributed by atoms with Gasteiger partial charge in [-0.15, -0.1) is 0 Å². The van der Waals surface area contributed by atoms with Gasteiger partial charge in [-0.05, 0) is 26.2 Å². The lowest BCUT2D eigenvalue weighted by Gasteiger charge is -2.27. The summed E-state index contributed by atoms with van der Waals surface area (Å²) in [5.74, 6) is 0.775. The quantitative estimate of drug-likeness (QED) is 0.887. The van der Waals surface area contributed by atoms with Crippen LogP contribution in [0.1, 0.15) is 29.8 Å². The Bertz CT molecular complexity index is 823. The van der Waals surface area contributed by atoms with Gasteiger partial charge in [0.1, 0.15) is 5.69 Å². The van der Waals surface area contributed by atoms with E-state index in [1.807, 2.05) is 11.8 Å². The van der Waals surface area contributed by atoms with Crippen molar-refractivity contribution in [3.05, 3.63) is 39.7 Å². The number of rotatable bonds is 2. The number of nitrogens with one attached hydrogen (secondary N) is 1. The molecule has 1 saturated carbocycles. The van der Waals surface area contributed by atoms with Gasteiger partial charge < -0.3 is 9.88 Å². The molecular formula is C16H17N5O2. The number of hydrogen-bond acceptors (Lipinski definition) is 5. The molecule has 1 fully saturated rings. The largest absolute Gasteiger partial charge is 0.336 e. The van der Waals surface area contributed by atoms with E-state index < -0.39 is 0 Å². The second-order valence-corrected chi connectivity index (χ2v) is 6.17.